The zero-order valence-corrected chi connectivity index (χ0v) is 8.61. The van der Waals surface area contributed by atoms with Crippen molar-refractivity contribution in [3.8, 4) is 0 Å². The summed E-state index contributed by atoms with van der Waals surface area (Å²) in [6, 6.07) is 2.21. The summed E-state index contributed by atoms with van der Waals surface area (Å²) in [4.78, 5) is 10.2. The number of aromatic nitrogens is 2. The Kier molecular flexibility index (Phi) is 2.84. The zero-order valence-electron chi connectivity index (χ0n) is 7.86. The molecule has 0 radical (unpaired) electrons. The minimum atomic E-state index is 0.303. The van der Waals surface area contributed by atoms with Crippen molar-refractivity contribution in [3.63, 3.8) is 0 Å². The van der Waals surface area contributed by atoms with Crippen molar-refractivity contribution in [2.45, 2.75) is 18.9 Å². The van der Waals surface area contributed by atoms with Crippen LogP contribution in [0.2, 0.25) is 5.28 Å². The van der Waals surface area contributed by atoms with Crippen molar-refractivity contribution >= 4 is 17.4 Å². The van der Waals surface area contributed by atoms with Gasteiger partial charge in [-0.25, -0.2) is 9.97 Å². The summed E-state index contributed by atoms with van der Waals surface area (Å²) >= 11 is 5.72. The van der Waals surface area contributed by atoms with Gasteiger partial charge >= 0.3 is 0 Å². The molecule has 0 atom stereocenters. The van der Waals surface area contributed by atoms with Crippen LogP contribution in [0.3, 0.4) is 0 Å². The molecule has 0 saturated carbocycles. The number of rotatable bonds is 1. The van der Waals surface area contributed by atoms with Crippen LogP contribution in [0.4, 0.5) is 5.82 Å². The molecule has 2 rings (SSSR count). The van der Waals surface area contributed by atoms with Crippen LogP contribution in [0.1, 0.15) is 12.8 Å². The molecule has 1 fully saturated rings. The van der Waals surface area contributed by atoms with E-state index in [2.05, 4.69) is 14.9 Å². The maximum Gasteiger partial charge on any atom is 0.224 e. The Morgan fingerprint density at radius 3 is 2.79 bits per heavy atom. The molecule has 0 amide bonds. The Hall–Kier alpha value is -0.870. The van der Waals surface area contributed by atoms with Gasteiger partial charge in [-0.3, -0.25) is 0 Å². The molecule has 1 aromatic heterocycles. The third-order valence-corrected chi connectivity index (χ3v) is 2.66. The minimum Gasteiger partial charge on any atom is -0.356 e. The van der Waals surface area contributed by atoms with Gasteiger partial charge in [-0.05, 0) is 30.5 Å². The average molecular weight is 213 g/mol. The second-order valence-corrected chi connectivity index (χ2v) is 3.85. The summed E-state index contributed by atoms with van der Waals surface area (Å²) < 4.78 is 0. The fourth-order valence-corrected chi connectivity index (χ4v) is 1.77. The highest BCUT2D eigenvalue weighted by atomic mass is 35.5. The summed E-state index contributed by atoms with van der Waals surface area (Å²) in [6.45, 7) is 1.91. The van der Waals surface area contributed by atoms with Gasteiger partial charge in [0, 0.05) is 25.3 Å². The lowest BCUT2D eigenvalue weighted by molar-refractivity contribution is 0.498. The minimum absolute atomic E-state index is 0.303. The van der Waals surface area contributed by atoms with Crippen LogP contribution in [0.25, 0.3) is 0 Å². The third-order valence-electron chi connectivity index (χ3n) is 2.48. The number of piperidine rings is 1. The molecule has 76 valence electrons. The maximum atomic E-state index is 5.82. The number of nitrogens with zero attached hydrogens (tertiary/aromatic N) is 3. The van der Waals surface area contributed by atoms with Crippen LogP contribution in [-0.4, -0.2) is 29.1 Å². The van der Waals surface area contributed by atoms with E-state index in [1.165, 1.54) is 0 Å². The first-order valence-electron chi connectivity index (χ1n) is 4.75. The molecule has 2 heterocycles. The van der Waals surface area contributed by atoms with Crippen molar-refractivity contribution in [2.75, 3.05) is 18.0 Å². The Balaban J connectivity index is 2.08. The lowest BCUT2D eigenvalue weighted by Gasteiger charge is -2.30. The summed E-state index contributed by atoms with van der Waals surface area (Å²) in [5.41, 5.74) is 5.82. The molecule has 14 heavy (non-hydrogen) atoms. The fraction of sp³-hybridized carbons (Fsp3) is 0.556. The molecule has 0 aromatic carbocycles. The van der Waals surface area contributed by atoms with E-state index in [0.717, 1.165) is 31.7 Å². The molecule has 1 aliphatic rings. The number of anilines is 1. The molecule has 5 heteroatoms. The molecule has 2 N–H and O–H groups in total. The monoisotopic (exact) mass is 212 g/mol. The highest BCUT2D eigenvalue weighted by Crippen LogP contribution is 2.17. The molecule has 0 spiro atoms. The topological polar surface area (TPSA) is 55.0 Å². The number of halogens is 1. The van der Waals surface area contributed by atoms with E-state index in [-0.39, 0.29) is 0 Å². The van der Waals surface area contributed by atoms with Crippen LogP contribution in [0.5, 0.6) is 0 Å². The number of hydrogen-bond acceptors (Lipinski definition) is 4. The summed E-state index contributed by atoms with van der Waals surface area (Å²) in [5, 5.41) is 0.303. The Labute approximate surface area is 88.1 Å². The van der Waals surface area contributed by atoms with E-state index < -0.39 is 0 Å². The van der Waals surface area contributed by atoms with Gasteiger partial charge in [0.2, 0.25) is 5.28 Å². The van der Waals surface area contributed by atoms with E-state index in [0.29, 0.717) is 11.3 Å². The van der Waals surface area contributed by atoms with Crippen LogP contribution >= 0.6 is 11.6 Å². The van der Waals surface area contributed by atoms with Crippen molar-refractivity contribution < 1.29 is 0 Å². The lowest BCUT2D eigenvalue weighted by Crippen LogP contribution is -2.40. The molecular weight excluding hydrogens is 200 g/mol. The third kappa shape index (κ3) is 2.13. The van der Waals surface area contributed by atoms with Gasteiger partial charge in [0.15, 0.2) is 0 Å². The molecule has 1 aliphatic heterocycles. The highest BCUT2D eigenvalue weighted by Gasteiger charge is 2.17. The van der Waals surface area contributed by atoms with Crippen molar-refractivity contribution in [3.05, 3.63) is 17.5 Å². The van der Waals surface area contributed by atoms with E-state index in [1.807, 2.05) is 6.07 Å². The highest BCUT2D eigenvalue weighted by molar-refractivity contribution is 6.28. The molecule has 0 bridgehead atoms. The average Bonchev–Trinajstić information content (AvgIpc) is 2.19. The summed E-state index contributed by atoms with van der Waals surface area (Å²) in [6.07, 6.45) is 3.71. The van der Waals surface area contributed by atoms with Gasteiger partial charge in [-0.1, -0.05) is 0 Å². The second kappa shape index (κ2) is 4.11. The van der Waals surface area contributed by atoms with Crippen LogP contribution in [0, 0.1) is 0 Å². The molecule has 4 nitrogen and oxygen atoms in total. The normalized spacial score (nSPS) is 18.6. The second-order valence-electron chi connectivity index (χ2n) is 3.51. The van der Waals surface area contributed by atoms with E-state index in [4.69, 9.17) is 17.3 Å². The first-order valence-corrected chi connectivity index (χ1v) is 5.12. The van der Waals surface area contributed by atoms with Crippen LogP contribution < -0.4 is 10.6 Å². The summed E-state index contributed by atoms with van der Waals surface area (Å²) in [7, 11) is 0. The van der Waals surface area contributed by atoms with Gasteiger partial charge in [0.1, 0.15) is 5.82 Å². The first-order chi connectivity index (χ1) is 6.75. The molecule has 1 saturated heterocycles. The van der Waals surface area contributed by atoms with Gasteiger partial charge < -0.3 is 10.6 Å². The molecule has 1 aromatic rings. The van der Waals surface area contributed by atoms with Crippen LogP contribution in [0.15, 0.2) is 12.3 Å². The van der Waals surface area contributed by atoms with Gasteiger partial charge in [0.25, 0.3) is 0 Å². The molecular formula is C9H13ClN4. The van der Waals surface area contributed by atoms with E-state index in [9.17, 15) is 0 Å². The zero-order chi connectivity index (χ0) is 9.97. The predicted molar refractivity (Wildman–Crippen MR) is 56.5 cm³/mol. The lowest BCUT2D eigenvalue weighted by atomic mass is 10.1. The summed E-state index contributed by atoms with van der Waals surface area (Å²) in [5.74, 6) is 0.900. The first kappa shape index (κ1) is 9.68. The molecule has 0 aliphatic carbocycles. The van der Waals surface area contributed by atoms with E-state index >= 15 is 0 Å². The Morgan fingerprint density at radius 1 is 1.43 bits per heavy atom. The number of hydrogen-bond donors (Lipinski definition) is 1. The van der Waals surface area contributed by atoms with Gasteiger partial charge in [0.05, 0.1) is 0 Å². The van der Waals surface area contributed by atoms with Gasteiger partial charge in [-0.15, -0.1) is 0 Å². The largest absolute Gasteiger partial charge is 0.356 e. The predicted octanol–water partition coefficient (Wildman–Crippen LogP) is 1.06. The SMILES string of the molecule is NC1CCN(c2ccnc(Cl)n2)CC1. The quantitative estimate of drug-likeness (QED) is 0.708. The molecule has 0 unspecified atom stereocenters. The number of nitrogens with two attached hydrogens (primary N) is 1. The fourth-order valence-electron chi connectivity index (χ4n) is 1.63. The van der Waals surface area contributed by atoms with E-state index in [1.54, 1.807) is 6.20 Å². The van der Waals surface area contributed by atoms with Crippen LogP contribution in [-0.2, 0) is 0 Å². The smallest absolute Gasteiger partial charge is 0.224 e. The van der Waals surface area contributed by atoms with Crippen molar-refractivity contribution in [1.82, 2.24) is 9.97 Å². The Bertz CT molecular complexity index is 309. The van der Waals surface area contributed by atoms with Crippen molar-refractivity contribution in [2.24, 2.45) is 5.73 Å². The Morgan fingerprint density at radius 2 is 2.14 bits per heavy atom. The van der Waals surface area contributed by atoms with Crippen molar-refractivity contribution in [1.29, 1.82) is 0 Å². The van der Waals surface area contributed by atoms with Gasteiger partial charge in [-0.2, -0.15) is 0 Å². The maximum absolute atomic E-state index is 5.82. The standard InChI is InChI=1S/C9H13ClN4/c10-9-12-4-1-8(13-9)14-5-2-7(11)3-6-14/h1,4,7H,2-3,5-6,11H2.